The highest BCUT2D eigenvalue weighted by molar-refractivity contribution is 5.75. The molecule has 0 bridgehead atoms. The number of hydrogen-bond donors (Lipinski definition) is 1. The Kier molecular flexibility index (Phi) is 7.87. The van der Waals surface area contributed by atoms with E-state index in [1.165, 1.54) is 7.11 Å². The summed E-state index contributed by atoms with van der Waals surface area (Å²) in [6.45, 7) is 4.37. The number of rotatable bonds is 10. The minimum absolute atomic E-state index is 0.176. The smallest absolute Gasteiger partial charge is 0.311 e. The molecular weight excluding hydrogens is 400 g/mol. The monoisotopic (exact) mass is 432 g/mol. The van der Waals surface area contributed by atoms with Gasteiger partial charge in [-0.25, -0.2) is 4.98 Å². The lowest BCUT2D eigenvalue weighted by Gasteiger charge is -2.21. The van der Waals surface area contributed by atoms with Gasteiger partial charge in [0.15, 0.2) is 0 Å². The van der Waals surface area contributed by atoms with Crippen LogP contribution < -0.4 is 10.1 Å². The Balaban J connectivity index is 1.74. The first-order valence-electron chi connectivity index (χ1n) is 11.0. The molecule has 0 fully saturated rings. The van der Waals surface area contributed by atoms with Gasteiger partial charge in [-0.05, 0) is 62.4 Å². The van der Waals surface area contributed by atoms with Crippen LogP contribution in [0.15, 0.2) is 66.7 Å². The van der Waals surface area contributed by atoms with Crippen LogP contribution in [0, 0.1) is 5.41 Å². The average molecular weight is 433 g/mol. The zero-order chi connectivity index (χ0) is 23.0. The van der Waals surface area contributed by atoms with Gasteiger partial charge in [0.2, 0.25) is 5.88 Å². The van der Waals surface area contributed by atoms with Crippen LogP contribution in [0.2, 0.25) is 0 Å². The quantitative estimate of drug-likeness (QED) is 0.305. The van der Waals surface area contributed by atoms with Gasteiger partial charge in [-0.15, -0.1) is 0 Å². The number of ether oxygens (including phenoxy) is 2. The van der Waals surface area contributed by atoms with Crippen molar-refractivity contribution >= 4 is 11.7 Å². The number of carbonyl (C=O) groups is 1. The fourth-order valence-electron chi connectivity index (χ4n) is 3.56. The van der Waals surface area contributed by atoms with E-state index in [9.17, 15) is 4.79 Å². The number of aromatic nitrogens is 1. The van der Waals surface area contributed by atoms with E-state index in [0.29, 0.717) is 12.5 Å². The van der Waals surface area contributed by atoms with E-state index in [-0.39, 0.29) is 5.97 Å². The average Bonchev–Trinajstić information content (AvgIpc) is 2.83. The first kappa shape index (κ1) is 23.3. The summed E-state index contributed by atoms with van der Waals surface area (Å²) in [5.74, 6) is 0.427. The highest BCUT2D eigenvalue weighted by atomic mass is 16.5. The molecule has 2 aromatic carbocycles. The fourth-order valence-corrected chi connectivity index (χ4v) is 3.56. The Labute approximate surface area is 190 Å². The highest BCUT2D eigenvalue weighted by Gasteiger charge is 2.27. The molecule has 0 saturated carbocycles. The van der Waals surface area contributed by atoms with E-state index in [1.54, 1.807) is 0 Å². The van der Waals surface area contributed by atoms with Crippen molar-refractivity contribution in [3.63, 3.8) is 0 Å². The maximum atomic E-state index is 11.8. The van der Waals surface area contributed by atoms with Gasteiger partial charge < -0.3 is 14.8 Å². The van der Waals surface area contributed by atoms with Crippen LogP contribution in [0.1, 0.15) is 33.1 Å². The van der Waals surface area contributed by atoms with Crippen LogP contribution >= 0.6 is 0 Å². The summed E-state index contributed by atoms with van der Waals surface area (Å²) in [6.07, 6.45) is 2.46. The van der Waals surface area contributed by atoms with E-state index in [2.05, 4.69) is 47.8 Å². The van der Waals surface area contributed by atoms with Gasteiger partial charge in [-0.1, -0.05) is 42.5 Å². The molecule has 0 saturated heterocycles. The molecule has 1 aromatic heterocycles. The van der Waals surface area contributed by atoms with Crippen LogP contribution in [-0.4, -0.2) is 31.7 Å². The standard InChI is InChI=1S/C27H32N2O3/c1-27(2,26(30)31-4)16-8-9-17-32-25-19-22(20-12-14-23(28-3)15-13-20)18-24(29-25)21-10-6-5-7-11-21/h5-7,10-15,18-19,28H,8-9,16-17H2,1-4H3. The summed E-state index contributed by atoms with van der Waals surface area (Å²) >= 11 is 0. The van der Waals surface area contributed by atoms with E-state index in [1.807, 2.05) is 45.2 Å². The van der Waals surface area contributed by atoms with Crippen molar-refractivity contribution in [1.29, 1.82) is 0 Å². The molecule has 3 rings (SSSR count). The molecule has 32 heavy (non-hydrogen) atoms. The number of nitrogens with zero attached hydrogens (tertiary/aromatic N) is 1. The molecule has 0 unspecified atom stereocenters. The van der Waals surface area contributed by atoms with Gasteiger partial charge >= 0.3 is 5.97 Å². The number of carbonyl (C=O) groups excluding carboxylic acids is 1. The summed E-state index contributed by atoms with van der Waals surface area (Å²) in [6, 6.07) is 22.5. The lowest BCUT2D eigenvalue weighted by Crippen LogP contribution is -2.25. The van der Waals surface area contributed by atoms with E-state index >= 15 is 0 Å². The number of esters is 1. The van der Waals surface area contributed by atoms with Gasteiger partial charge in [0.1, 0.15) is 0 Å². The fraction of sp³-hybridized carbons (Fsp3) is 0.333. The molecule has 168 valence electrons. The lowest BCUT2D eigenvalue weighted by molar-refractivity contribution is -0.151. The van der Waals surface area contributed by atoms with Crippen molar-refractivity contribution in [3.05, 3.63) is 66.7 Å². The molecule has 0 spiro atoms. The van der Waals surface area contributed by atoms with Gasteiger partial charge in [0, 0.05) is 24.4 Å². The van der Waals surface area contributed by atoms with Crippen molar-refractivity contribution in [2.45, 2.75) is 33.1 Å². The SMILES string of the molecule is CNc1ccc(-c2cc(OCCCCC(C)(C)C(=O)OC)nc(-c3ccccc3)c2)cc1. The normalized spacial score (nSPS) is 11.1. The Hall–Kier alpha value is -3.34. The third-order valence-corrected chi connectivity index (χ3v) is 5.56. The molecule has 0 aliphatic carbocycles. The molecule has 0 aliphatic heterocycles. The maximum Gasteiger partial charge on any atom is 0.311 e. The number of pyridine rings is 1. The molecule has 5 nitrogen and oxygen atoms in total. The zero-order valence-corrected chi connectivity index (χ0v) is 19.4. The minimum atomic E-state index is -0.479. The Morgan fingerprint density at radius 3 is 2.31 bits per heavy atom. The van der Waals surface area contributed by atoms with Crippen LogP contribution in [0.25, 0.3) is 22.4 Å². The van der Waals surface area contributed by atoms with Crippen molar-refractivity contribution in [2.24, 2.45) is 5.41 Å². The number of methoxy groups -OCH3 is 1. The van der Waals surface area contributed by atoms with Crippen LogP contribution in [-0.2, 0) is 9.53 Å². The van der Waals surface area contributed by atoms with Crippen LogP contribution in [0.5, 0.6) is 5.88 Å². The predicted molar refractivity (Wildman–Crippen MR) is 130 cm³/mol. The second-order valence-electron chi connectivity index (χ2n) is 8.45. The summed E-state index contributed by atoms with van der Waals surface area (Å²) < 4.78 is 10.9. The predicted octanol–water partition coefficient (Wildman–Crippen LogP) is 6.21. The number of benzene rings is 2. The topological polar surface area (TPSA) is 60.5 Å². The van der Waals surface area contributed by atoms with E-state index in [4.69, 9.17) is 14.5 Å². The maximum absolute atomic E-state index is 11.8. The van der Waals surface area contributed by atoms with E-state index in [0.717, 1.165) is 47.3 Å². The first-order chi connectivity index (χ1) is 15.4. The second kappa shape index (κ2) is 10.8. The summed E-state index contributed by atoms with van der Waals surface area (Å²) in [5, 5.41) is 3.15. The zero-order valence-electron chi connectivity index (χ0n) is 19.4. The second-order valence-corrected chi connectivity index (χ2v) is 8.45. The molecule has 1 heterocycles. The molecule has 0 radical (unpaired) electrons. The summed E-state index contributed by atoms with van der Waals surface area (Å²) in [5.41, 5.74) is 4.68. The van der Waals surface area contributed by atoms with Crippen LogP contribution in [0.4, 0.5) is 5.69 Å². The Bertz CT molecular complexity index is 1010. The lowest BCUT2D eigenvalue weighted by atomic mass is 9.87. The molecule has 0 atom stereocenters. The largest absolute Gasteiger partial charge is 0.478 e. The van der Waals surface area contributed by atoms with Crippen LogP contribution in [0.3, 0.4) is 0 Å². The summed E-state index contributed by atoms with van der Waals surface area (Å²) in [4.78, 5) is 16.6. The number of anilines is 1. The van der Waals surface area contributed by atoms with Crippen molar-refractivity contribution in [2.75, 3.05) is 26.1 Å². The van der Waals surface area contributed by atoms with Gasteiger partial charge in [-0.3, -0.25) is 4.79 Å². The molecular formula is C27H32N2O3. The van der Waals surface area contributed by atoms with E-state index < -0.39 is 5.41 Å². The molecule has 0 amide bonds. The number of hydrogen-bond acceptors (Lipinski definition) is 5. The molecule has 1 N–H and O–H groups in total. The Morgan fingerprint density at radius 1 is 0.938 bits per heavy atom. The number of unbranched alkanes of at least 4 members (excludes halogenated alkanes) is 1. The van der Waals surface area contributed by atoms with Gasteiger partial charge in [0.05, 0.1) is 24.8 Å². The van der Waals surface area contributed by atoms with Crippen molar-refractivity contribution in [3.8, 4) is 28.3 Å². The first-order valence-corrected chi connectivity index (χ1v) is 11.0. The third kappa shape index (κ3) is 6.10. The van der Waals surface area contributed by atoms with Gasteiger partial charge in [-0.2, -0.15) is 0 Å². The third-order valence-electron chi connectivity index (χ3n) is 5.56. The van der Waals surface area contributed by atoms with Crippen molar-refractivity contribution in [1.82, 2.24) is 4.98 Å². The molecule has 0 aliphatic rings. The minimum Gasteiger partial charge on any atom is -0.478 e. The summed E-state index contributed by atoms with van der Waals surface area (Å²) in [7, 11) is 3.34. The van der Waals surface area contributed by atoms with Crippen molar-refractivity contribution < 1.29 is 14.3 Å². The Morgan fingerprint density at radius 2 is 1.66 bits per heavy atom. The highest BCUT2D eigenvalue weighted by Crippen LogP contribution is 2.30. The number of nitrogens with one attached hydrogen (secondary N) is 1. The molecule has 5 heteroatoms. The molecule has 3 aromatic rings. The van der Waals surface area contributed by atoms with Gasteiger partial charge in [0.25, 0.3) is 0 Å².